The van der Waals surface area contributed by atoms with E-state index >= 15 is 0 Å². The zero-order valence-corrected chi connectivity index (χ0v) is 15.4. The second-order valence-corrected chi connectivity index (χ2v) is 7.94. The summed E-state index contributed by atoms with van der Waals surface area (Å²) in [5, 5.41) is 0. The van der Waals surface area contributed by atoms with Crippen LogP contribution in [0.25, 0.3) is 0 Å². The van der Waals surface area contributed by atoms with Crippen LogP contribution in [-0.4, -0.2) is 4.21 Å². The van der Waals surface area contributed by atoms with E-state index in [1.807, 2.05) is 0 Å². The number of rotatable bonds is 4. The summed E-state index contributed by atoms with van der Waals surface area (Å²) in [5.41, 5.74) is 10.0. The van der Waals surface area contributed by atoms with E-state index in [-0.39, 0.29) is 0 Å². The Morgan fingerprint density at radius 1 is 0.636 bits per heavy atom. The number of hydrogen-bond donors (Lipinski definition) is 0. The highest BCUT2D eigenvalue weighted by molar-refractivity contribution is 7.83. The zero-order valence-electron chi connectivity index (χ0n) is 14.5. The van der Waals surface area contributed by atoms with Gasteiger partial charge in [0.1, 0.15) is 0 Å². The Hall–Kier alpha value is -1.41. The van der Waals surface area contributed by atoms with E-state index in [2.05, 4.69) is 65.8 Å². The lowest BCUT2D eigenvalue weighted by molar-refractivity contribution is 0.681. The molecule has 0 saturated carbocycles. The molecule has 0 saturated heterocycles. The summed E-state index contributed by atoms with van der Waals surface area (Å²) in [6, 6.07) is 8.73. The second kappa shape index (κ2) is 6.78. The second-order valence-electron chi connectivity index (χ2n) is 6.48. The van der Waals surface area contributed by atoms with Crippen molar-refractivity contribution in [1.82, 2.24) is 0 Å². The van der Waals surface area contributed by atoms with Gasteiger partial charge in [-0.3, -0.25) is 4.21 Å². The molecule has 0 aromatic heterocycles. The molecule has 0 radical (unpaired) electrons. The Bertz CT molecular complexity index is 621. The molecule has 0 aliphatic heterocycles. The molecule has 118 valence electrons. The average Bonchev–Trinajstić information content (AvgIpc) is 2.38. The van der Waals surface area contributed by atoms with Gasteiger partial charge in [-0.25, -0.2) is 0 Å². The smallest absolute Gasteiger partial charge is 0.0494 e. The maximum atomic E-state index is 12.7. The van der Waals surface area contributed by atoms with Crippen molar-refractivity contribution in [3.8, 4) is 0 Å². The third kappa shape index (κ3) is 3.86. The first-order chi connectivity index (χ1) is 10.3. The highest BCUT2D eigenvalue weighted by Crippen LogP contribution is 2.22. The van der Waals surface area contributed by atoms with E-state index in [4.69, 9.17) is 0 Å². The van der Waals surface area contributed by atoms with Crippen LogP contribution in [0, 0.1) is 41.5 Å². The molecule has 1 nitrogen and oxygen atoms in total. The molecular weight excluding hydrogens is 288 g/mol. The van der Waals surface area contributed by atoms with Gasteiger partial charge in [0.2, 0.25) is 0 Å². The monoisotopic (exact) mass is 314 g/mol. The Kier molecular flexibility index (Phi) is 5.23. The predicted octanol–water partition coefficient (Wildman–Crippen LogP) is 4.99. The largest absolute Gasteiger partial charge is 0.259 e. The molecule has 2 heteroatoms. The predicted molar refractivity (Wildman–Crippen MR) is 96.9 cm³/mol. The molecule has 0 atom stereocenters. The van der Waals surface area contributed by atoms with Crippen LogP contribution in [0.2, 0.25) is 0 Å². The summed E-state index contributed by atoms with van der Waals surface area (Å²) in [7, 11) is -0.876. The van der Waals surface area contributed by atoms with E-state index in [0.717, 1.165) is 0 Å². The van der Waals surface area contributed by atoms with Gasteiger partial charge < -0.3 is 0 Å². The Balaban J connectivity index is 2.22. The molecule has 0 bridgehead atoms. The van der Waals surface area contributed by atoms with Gasteiger partial charge >= 0.3 is 0 Å². The first-order valence-corrected chi connectivity index (χ1v) is 9.25. The quantitative estimate of drug-likeness (QED) is 0.777. The van der Waals surface area contributed by atoms with Crippen molar-refractivity contribution in [2.45, 2.75) is 53.0 Å². The van der Waals surface area contributed by atoms with Crippen molar-refractivity contribution >= 4 is 10.8 Å². The Morgan fingerprint density at radius 2 is 0.909 bits per heavy atom. The van der Waals surface area contributed by atoms with E-state index in [0.29, 0.717) is 11.5 Å². The van der Waals surface area contributed by atoms with E-state index in [9.17, 15) is 4.21 Å². The van der Waals surface area contributed by atoms with Crippen molar-refractivity contribution in [2.75, 3.05) is 0 Å². The van der Waals surface area contributed by atoms with Gasteiger partial charge in [-0.15, -0.1) is 0 Å². The van der Waals surface area contributed by atoms with Crippen molar-refractivity contribution in [3.05, 3.63) is 68.8 Å². The molecule has 0 fully saturated rings. The fourth-order valence-electron chi connectivity index (χ4n) is 3.25. The van der Waals surface area contributed by atoms with Gasteiger partial charge in [-0.1, -0.05) is 35.4 Å². The molecule has 2 rings (SSSR count). The minimum atomic E-state index is -0.876. The normalized spacial score (nSPS) is 11.2. The molecule has 0 N–H and O–H groups in total. The van der Waals surface area contributed by atoms with E-state index < -0.39 is 10.8 Å². The van der Waals surface area contributed by atoms with Crippen LogP contribution in [0.3, 0.4) is 0 Å². The van der Waals surface area contributed by atoms with Crippen LogP contribution in [0.5, 0.6) is 0 Å². The first-order valence-electron chi connectivity index (χ1n) is 7.76. The van der Waals surface area contributed by atoms with Crippen LogP contribution >= 0.6 is 0 Å². The first kappa shape index (κ1) is 17.0. The van der Waals surface area contributed by atoms with Crippen LogP contribution in [0.1, 0.15) is 44.5 Å². The summed E-state index contributed by atoms with van der Waals surface area (Å²) in [6.45, 7) is 12.7. The molecule has 2 aromatic carbocycles. The maximum Gasteiger partial charge on any atom is 0.0494 e. The zero-order chi connectivity index (χ0) is 16.4. The summed E-state index contributed by atoms with van der Waals surface area (Å²) < 4.78 is 12.7. The minimum Gasteiger partial charge on any atom is -0.259 e. The lowest BCUT2D eigenvalue weighted by atomic mass is 10.0. The standard InChI is InChI=1S/C20H26OS/c1-13-7-15(3)19(16(4)8-13)11-22(21)12-20-17(5)9-14(2)10-18(20)6/h7-10H,11-12H2,1-6H3. The fraction of sp³-hybridized carbons (Fsp3) is 0.400. The topological polar surface area (TPSA) is 17.1 Å². The molecule has 0 aliphatic carbocycles. The summed E-state index contributed by atoms with van der Waals surface area (Å²) >= 11 is 0. The maximum absolute atomic E-state index is 12.7. The minimum absolute atomic E-state index is 0.644. The molecular formula is C20H26OS. The van der Waals surface area contributed by atoms with Gasteiger partial charge in [0.05, 0.1) is 0 Å². The SMILES string of the molecule is Cc1cc(C)c(CS(=O)Cc2c(C)cc(C)cc2C)c(C)c1. The van der Waals surface area contributed by atoms with Crippen LogP contribution in [0.4, 0.5) is 0 Å². The van der Waals surface area contributed by atoms with Crippen LogP contribution in [0.15, 0.2) is 24.3 Å². The van der Waals surface area contributed by atoms with Gasteiger partial charge in [0.15, 0.2) is 0 Å². The Morgan fingerprint density at radius 3 is 1.18 bits per heavy atom. The molecule has 0 heterocycles. The highest BCUT2D eigenvalue weighted by atomic mass is 32.2. The summed E-state index contributed by atoms with van der Waals surface area (Å²) in [4.78, 5) is 0. The van der Waals surface area contributed by atoms with Crippen molar-refractivity contribution in [3.63, 3.8) is 0 Å². The van der Waals surface area contributed by atoms with Crippen LogP contribution in [-0.2, 0) is 22.3 Å². The fourth-order valence-corrected chi connectivity index (χ4v) is 4.90. The van der Waals surface area contributed by atoms with E-state index in [1.165, 1.54) is 44.5 Å². The highest BCUT2D eigenvalue weighted by Gasteiger charge is 2.12. The third-order valence-corrected chi connectivity index (χ3v) is 5.51. The Labute approximate surface area is 137 Å². The molecule has 0 unspecified atom stereocenters. The average molecular weight is 314 g/mol. The van der Waals surface area contributed by atoms with Gasteiger partial charge in [-0.2, -0.15) is 0 Å². The van der Waals surface area contributed by atoms with E-state index in [1.54, 1.807) is 0 Å². The summed E-state index contributed by atoms with van der Waals surface area (Å²) in [5.74, 6) is 1.29. The number of benzene rings is 2. The lowest BCUT2D eigenvalue weighted by Gasteiger charge is -2.14. The van der Waals surface area contributed by atoms with Gasteiger partial charge in [-0.05, 0) is 74.9 Å². The molecule has 22 heavy (non-hydrogen) atoms. The van der Waals surface area contributed by atoms with Crippen molar-refractivity contribution in [1.29, 1.82) is 0 Å². The van der Waals surface area contributed by atoms with Crippen molar-refractivity contribution in [2.24, 2.45) is 0 Å². The lowest BCUT2D eigenvalue weighted by Crippen LogP contribution is -2.06. The number of hydrogen-bond acceptors (Lipinski definition) is 1. The molecule has 0 amide bonds. The molecule has 0 spiro atoms. The third-order valence-electron chi connectivity index (χ3n) is 4.29. The number of aryl methyl sites for hydroxylation is 6. The summed E-state index contributed by atoms with van der Waals surface area (Å²) in [6.07, 6.45) is 0. The van der Waals surface area contributed by atoms with Crippen LogP contribution < -0.4 is 0 Å². The molecule has 2 aromatic rings. The van der Waals surface area contributed by atoms with Gasteiger partial charge in [0, 0.05) is 22.3 Å². The molecule has 0 aliphatic rings. The van der Waals surface area contributed by atoms with Crippen molar-refractivity contribution < 1.29 is 4.21 Å². The van der Waals surface area contributed by atoms with Gasteiger partial charge in [0.25, 0.3) is 0 Å².